The highest BCUT2D eigenvalue weighted by atomic mass is 79.9. The van der Waals surface area contributed by atoms with Crippen molar-refractivity contribution >= 4 is 37.6 Å². The molecule has 18 heavy (non-hydrogen) atoms. The number of benzene rings is 1. The van der Waals surface area contributed by atoms with Crippen LogP contribution in [0.4, 0.5) is 5.69 Å². The van der Waals surface area contributed by atoms with Gasteiger partial charge in [0.15, 0.2) is 5.25 Å². The van der Waals surface area contributed by atoms with E-state index in [2.05, 4.69) is 20.7 Å². The second-order valence-electron chi connectivity index (χ2n) is 3.43. The maximum Gasteiger partial charge on any atom is 0.323 e. The van der Waals surface area contributed by atoms with E-state index in [1.54, 1.807) is 6.07 Å². The first-order valence-electron chi connectivity index (χ1n) is 4.72. The Kier molecular flexibility index (Phi) is 4.32. The fourth-order valence-electron chi connectivity index (χ4n) is 1.07. The molecule has 0 aromatic heterocycles. The van der Waals surface area contributed by atoms with E-state index >= 15 is 0 Å². The first-order valence-corrected chi connectivity index (χ1v) is 7.06. The van der Waals surface area contributed by atoms with Crippen LogP contribution in [0.25, 0.3) is 0 Å². The van der Waals surface area contributed by atoms with E-state index in [-0.39, 0.29) is 11.3 Å². The molecule has 0 amide bonds. The maximum absolute atomic E-state index is 11.7. The number of nitrogens with zero attached hydrogens (tertiary/aromatic N) is 1. The summed E-state index contributed by atoms with van der Waals surface area (Å²) in [6.07, 6.45) is 0. The van der Waals surface area contributed by atoms with E-state index in [4.69, 9.17) is 10.4 Å². The van der Waals surface area contributed by atoms with Crippen LogP contribution in [0.5, 0.6) is 0 Å². The summed E-state index contributed by atoms with van der Waals surface area (Å²) in [5, 5.41) is 15.9. The van der Waals surface area contributed by atoms with Gasteiger partial charge in [-0.05, 0) is 25.1 Å². The SMILES string of the molecule is CC(C(=O)O)S(=O)(=O)Nc1ccc(Br)cc1C#N. The lowest BCUT2D eigenvalue weighted by molar-refractivity contribution is -0.136. The van der Waals surface area contributed by atoms with E-state index in [9.17, 15) is 13.2 Å². The van der Waals surface area contributed by atoms with Crippen molar-refractivity contribution in [2.24, 2.45) is 0 Å². The predicted molar refractivity (Wildman–Crippen MR) is 68.5 cm³/mol. The largest absolute Gasteiger partial charge is 0.480 e. The Labute approximate surface area is 112 Å². The summed E-state index contributed by atoms with van der Waals surface area (Å²) >= 11 is 3.15. The molecule has 0 heterocycles. The highest BCUT2D eigenvalue weighted by Crippen LogP contribution is 2.22. The zero-order chi connectivity index (χ0) is 13.9. The molecule has 0 saturated carbocycles. The van der Waals surface area contributed by atoms with E-state index < -0.39 is 21.2 Å². The minimum Gasteiger partial charge on any atom is -0.480 e. The van der Waals surface area contributed by atoms with Crippen molar-refractivity contribution in [3.63, 3.8) is 0 Å². The number of rotatable bonds is 4. The Balaban J connectivity index is 3.13. The smallest absolute Gasteiger partial charge is 0.323 e. The number of anilines is 1. The number of sulfonamides is 1. The van der Waals surface area contributed by atoms with Gasteiger partial charge in [0.2, 0.25) is 10.0 Å². The molecule has 0 saturated heterocycles. The molecular weight excluding hydrogens is 324 g/mol. The molecule has 0 bridgehead atoms. The standard InChI is InChI=1S/C10H9BrN2O4S/c1-6(10(14)15)18(16,17)13-9-3-2-8(11)4-7(9)5-12/h2-4,6,13H,1H3,(H,14,15). The zero-order valence-electron chi connectivity index (χ0n) is 9.21. The number of carboxylic acids is 1. The van der Waals surface area contributed by atoms with Gasteiger partial charge in [-0.15, -0.1) is 0 Å². The third-order valence-corrected chi connectivity index (χ3v) is 4.30. The molecule has 1 aromatic carbocycles. The number of aliphatic carboxylic acids is 1. The summed E-state index contributed by atoms with van der Waals surface area (Å²) in [7, 11) is -4.07. The van der Waals surface area contributed by atoms with Crippen molar-refractivity contribution in [2.75, 3.05) is 4.72 Å². The van der Waals surface area contributed by atoms with Crippen LogP contribution in [-0.2, 0) is 14.8 Å². The Morgan fingerprint density at radius 2 is 2.17 bits per heavy atom. The fraction of sp³-hybridized carbons (Fsp3) is 0.200. The Morgan fingerprint density at radius 3 is 2.67 bits per heavy atom. The number of carboxylic acid groups (broad SMARTS) is 1. The van der Waals surface area contributed by atoms with Gasteiger partial charge in [0.1, 0.15) is 6.07 Å². The summed E-state index contributed by atoms with van der Waals surface area (Å²) in [6, 6.07) is 6.19. The third kappa shape index (κ3) is 3.21. The summed E-state index contributed by atoms with van der Waals surface area (Å²) in [6.45, 7) is 1.05. The van der Waals surface area contributed by atoms with Gasteiger partial charge in [0.25, 0.3) is 0 Å². The highest BCUT2D eigenvalue weighted by Gasteiger charge is 2.28. The molecule has 1 atom stereocenters. The minimum atomic E-state index is -4.07. The van der Waals surface area contributed by atoms with Gasteiger partial charge < -0.3 is 5.11 Å². The molecule has 1 rings (SSSR count). The van der Waals surface area contributed by atoms with E-state index in [1.165, 1.54) is 12.1 Å². The number of hydrogen-bond donors (Lipinski definition) is 2. The molecule has 1 aromatic rings. The molecule has 96 valence electrons. The van der Waals surface area contributed by atoms with Crippen LogP contribution in [0.1, 0.15) is 12.5 Å². The normalized spacial score (nSPS) is 12.5. The van der Waals surface area contributed by atoms with Gasteiger partial charge in [-0.3, -0.25) is 9.52 Å². The molecule has 0 fully saturated rings. The lowest BCUT2D eigenvalue weighted by atomic mass is 10.2. The van der Waals surface area contributed by atoms with E-state index in [0.29, 0.717) is 4.47 Å². The first kappa shape index (κ1) is 14.5. The second-order valence-corrected chi connectivity index (χ2v) is 6.35. The number of nitrogens with one attached hydrogen (secondary N) is 1. The first-order chi connectivity index (χ1) is 8.27. The van der Waals surface area contributed by atoms with Gasteiger partial charge in [-0.2, -0.15) is 5.26 Å². The molecule has 8 heteroatoms. The summed E-state index contributed by atoms with van der Waals surface area (Å²) < 4.78 is 26.1. The average Bonchev–Trinajstić information content (AvgIpc) is 2.30. The summed E-state index contributed by atoms with van der Waals surface area (Å²) in [4.78, 5) is 10.7. The van der Waals surface area contributed by atoms with Gasteiger partial charge in [0, 0.05) is 4.47 Å². The number of hydrogen-bond acceptors (Lipinski definition) is 4. The number of nitriles is 1. The topological polar surface area (TPSA) is 107 Å². The van der Waals surface area contributed by atoms with Crippen molar-refractivity contribution in [1.82, 2.24) is 0 Å². The Morgan fingerprint density at radius 1 is 1.56 bits per heavy atom. The lowest BCUT2D eigenvalue weighted by Crippen LogP contribution is -2.32. The minimum absolute atomic E-state index is 0.0498. The quantitative estimate of drug-likeness (QED) is 0.869. The lowest BCUT2D eigenvalue weighted by Gasteiger charge is -2.12. The highest BCUT2D eigenvalue weighted by molar-refractivity contribution is 9.10. The molecule has 0 radical (unpaired) electrons. The third-order valence-electron chi connectivity index (χ3n) is 2.17. The number of carbonyl (C=O) groups is 1. The summed E-state index contributed by atoms with van der Waals surface area (Å²) in [5.41, 5.74) is 0.152. The predicted octanol–water partition coefficient (Wildman–Crippen LogP) is 1.54. The maximum atomic E-state index is 11.7. The Bertz CT molecular complexity index is 621. The average molecular weight is 333 g/mol. The van der Waals surface area contributed by atoms with E-state index in [1.807, 2.05) is 6.07 Å². The van der Waals surface area contributed by atoms with Crippen molar-refractivity contribution in [2.45, 2.75) is 12.2 Å². The van der Waals surface area contributed by atoms with Crippen LogP contribution in [0, 0.1) is 11.3 Å². The second kappa shape index (κ2) is 5.37. The van der Waals surface area contributed by atoms with Crippen LogP contribution < -0.4 is 4.72 Å². The molecule has 0 aliphatic carbocycles. The molecule has 1 unspecified atom stereocenters. The van der Waals surface area contributed by atoms with Crippen LogP contribution >= 0.6 is 15.9 Å². The van der Waals surface area contributed by atoms with Crippen LogP contribution in [0.3, 0.4) is 0 Å². The molecule has 0 aliphatic rings. The summed E-state index contributed by atoms with van der Waals surface area (Å²) in [5.74, 6) is -1.46. The van der Waals surface area contributed by atoms with Gasteiger partial charge in [-0.25, -0.2) is 8.42 Å². The molecular formula is C10H9BrN2O4S. The van der Waals surface area contributed by atoms with E-state index in [0.717, 1.165) is 6.92 Å². The van der Waals surface area contributed by atoms with Crippen LogP contribution in [-0.4, -0.2) is 24.7 Å². The zero-order valence-corrected chi connectivity index (χ0v) is 11.6. The van der Waals surface area contributed by atoms with Crippen molar-refractivity contribution in [1.29, 1.82) is 5.26 Å². The molecule has 0 spiro atoms. The molecule has 6 nitrogen and oxygen atoms in total. The van der Waals surface area contributed by atoms with Gasteiger partial charge >= 0.3 is 5.97 Å². The van der Waals surface area contributed by atoms with Gasteiger partial charge in [-0.1, -0.05) is 15.9 Å². The Hall–Kier alpha value is -1.59. The molecule has 2 N–H and O–H groups in total. The fourth-order valence-corrected chi connectivity index (χ4v) is 2.36. The van der Waals surface area contributed by atoms with Gasteiger partial charge in [0.05, 0.1) is 11.3 Å². The monoisotopic (exact) mass is 332 g/mol. The van der Waals surface area contributed by atoms with Crippen molar-refractivity contribution < 1.29 is 18.3 Å². The van der Waals surface area contributed by atoms with Crippen molar-refractivity contribution in [3.05, 3.63) is 28.2 Å². The van der Waals surface area contributed by atoms with Crippen LogP contribution in [0.15, 0.2) is 22.7 Å². The van der Waals surface area contributed by atoms with Crippen molar-refractivity contribution in [3.8, 4) is 6.07 Å². The van der Waals surface area contributed by atoms with Crippen LogP contribution in [0.2, 0.25) is 0 Å². The number of halogens is 1. The molecule has 0 aliphatic heterocycles.